The van der Waals surface area contributed by atoms with Gasteiger partial charge in [-0.25, -0.2) is 0 Å². The lowest BCUT2D eigenvalue weighted by Gasteiger charge is -2.25. The highest BCUT2D eigenvalue weighted by Crippen LogP contribution is 2.30. The third-order valence-corrected chi connectivity index (χ3v) is 2.90. The van der Waals surface area contributed by atoms with Gasteiger partial charge in [0.2, 0.25) is 0 Å². The number of nitrogens with one attached hydrogen (secondary N) is 1. The highest BCUT2D eigenvalue weighted by molar-refractivity contribution is 5.85. The molecule has 1 saturated heterocycles. The van der Waals surface area contributed by atoms with Crippen molar-refractivity contribution in [3.63, 3.8) is 0 Å². The molecule has 66 valence electrons. The van der Waals surface area contributed by atoms with Gasteiger partial charge in [-0.05, 0) is 12.8 Å². The maximum absolute atomic E-state index is 9.46. The number of β-amino-alcohol motifs (C(OH)–C–C–N with tert-alkyl or cyclic N) is 1. The quantitative estimate of drug-likeness (QED) is 0.577. The van der Waals surface area contributed by atoms with E-state index in [0.717, 1.165) is 6.54 Å². The minimum absolute atomic E-state index is 0. The number of hydrogen-bond donors (Lipinski definition) is 2. The van der Waals surface area contributed by atoms with Crippen molar-refractivity contribution in [2.24, 2.45) is 5.92 Å². The summed E-state index contributed by atoms with van der Waals surface area (Å²) >= 11 is 0. The zero-order chi connectivity index (χ0) is 6.97. The summed E-state index contributed by atoms with van der Waals surface area (Å²) in [5.41, 5.74) is 0. The van der Waals surface area contributed by atoms with Crippen LogP contribution in [0.2, 0.25) is 0 Å². The molecule has 0 aromatic rings. The lowest BCUT2D eigenvalue weighted by molar-refractivity contribution is 0.120. The van der Waals surface area contributed by atoms with Crippen LogP contribution in [0.15, 0.2) is 0 Å². The SMILES string of the molecule is Cl.OC1CNC2CCCCC12. The molecule has 0 aromatic carbocycles. The molecule has 0 radical (unpaired) electrons. The monoisotopic (exact) mass is 177 g/mol. The first-order valence-electron chi connectivity index (χ1n) is 4.29. The summed E-state index contributed by atoms with van der Waals surface area (Å²) in [6.45, 7) is 0.829. The Kier molecular flexibility index (Phi) is 3.16. The van der Waals surface area contributed by atoms with Crippen molar-refractivity contribution in [3.8, 4) is 0 Å². The molecule has 2 N–H and O–H groups in total. The highest BCUT2D eigenvalue weighted by atomic mass is 35.5. The number of fused-ring (bicyclic) bond motifs is 1. The maximum Gasteiger partial charge on any atom is 0.0707 e. The van der Waals surface area contributed by atoms with E-state index in [1.807, 2.05) is 0 Å². The molecule has 1 saturated carbocycles. The van der Waals surface area contributed by atoms with Gasteiger partial charge < -0.3 is 10.4 Å². The Hall–Kier alpha value is 0.210. The second-order valence-corrected chi connectivity index (χ2v) is 3.53. The molecule has 0 bridgehead atoms. The van der Waals surface area contributed by atoms with E-state index in [2.05, 4.69) is 5.32 Å². The van der Waals surface area contributed by atoms with Crippen molar-refractivity contribution >= 4 is 12.4 Å². The van der Waals surface area contributed by atoms with Crippen LogP contribution in [0.5, 0.6) is 0 Å². The van der Waals surface area contributed by atoms with Crippen LogP contribution in [0.1, 0.15) is 25.7 Å². The Morgan fingerprint density at radius 3 is 2.64 bits per heavy atom. The molecular weight excluding hydrogens is 162 g/mol. The van der Waals surface area contributed by atoms with Gasteiger partial charge in [-0.15, -0.1) is 12.4 Å². The van der Waals surface area contributed by atoms with E-state index in [0.29, 0.717) is 12.0 Å². The maximum atomic E-state index is 9.46. The molecule has 0 amide bonds. The second-order valence-electron chi connectivity index (χ2n) is 3.53. The lowest BCUT2D eigenvalue weighted by Crippen LogP contribution is -2.30. The molecule has 2 rings (SSSR count). The molecule has 3 heteroatoms. The molecular formula is C8H16ClNO. The van der Waals surface area contributed by atoms with Crippen LogP contribution in [0.4, 0.5) is 0 Å². The summed E-state index contributed by atoms with van der Waals surface area (Å²) in [5.74, 6) is 0.578. The van der Waals surface area contributed by atoms with Crippen LogP contribution < -0.4 is 5.32 Å². The predicted octanol–water partition coefficient (Wildman–Crippen LogP) is 0.931. The molecule has 1 aliphatic heterocycles. The van der Waals surface area contributed by atoms with Crippen molar-refractivity contribution in [2.75, 3.05) is 6.54 Å². The van der Waals surface area contributed by atoms with E-state index in [1.165, 1.54) is 25.7 Å². The van der Waals surface area contributed by atoms with Crippen molar-refractivity contribution in [1.29, 1.82) is 0 Å². The van der Waals surface area contributed by atoms with Crippen molar-refractivity contribution in [2.45, 2.75) is 37.8 Å². The van der Waals surface area contributed by atoms with Gasteiger partial charge in [0.15, 0.2) is 0 Å². The first-order valence-corrected chi connectivity index (χ1v) is 4.29. The number of aliphatic hydroxyl groups is 1. The third kappa shape index (κ3) is 1.68. The van der Waals surface area contributed by atoms with Crippen LogP contribution in [-0.2, 0) is 0 Å². The summed E-state index contributed by atoms with van der Waals surface area (Å²) in [4.78, 5) is 0. The molecule has 0 spiro atoms. The van der Waals surface area contributed by atoms with E-state index >= 15 is 0 Å². The smallest absolute Gasteiger partial charge is 0.0707 e. The number of aliphatic hydroxyl groups excluding tert-OH is 1. The average Bonchev–Trinajstić information content (AvgIpc) is 2.34. The van der Waals surface area contributed by atoms with Crippen molar-refractivity contribution in [3.05, 3.63) is 0 Å². The van der Waals surface area contributed by atoms with Crippen LogP contribution in [0.25, 0.3) is 0 Å². The van der Waals surface area contributed by atoms with Crippen molar-refractivity contribution < 1.29 is 5.11 Å². The highest BCUT2D eigenvalue weighted by Gasteiger charge is 2.35. The standard InChI is InChI=1S/C8H15NO.ClH/c10-8-5-9-7-4-2-1-3-6(7)8;/h6-10H,1-5H2;1H. The number of hydrogen-bond acceptors (Lipinski definition) is 2. The Morgan fingerprint density at radius 2 is 1.91 bits per heavy atom. The van der Waals surface area contributed by atoms with Gasteiger partial charge in [0.25, 0.3) is 0 Å². The van der Waals surface area contributed by atoms with E-state index in [4.69, 9.17) is 0 Å². The van der Waals surface area contributed by atoms with Gasteiger partial charge in [0, 0.05) is 18.5 Å². The fourth-order valence-electron chi connectivity index (χ4n) is 2.30. The Bertz CT molecular complexity index is 129. The summed E-state index contributed by atoms with van der Waals surface area (Å²) in [7, 11) is 0. The predicted molar refractivity (Wildman–Crippen MR) is 47.0 cm³/mol. The van der Waals surface area contributed by atoms with Crippen LogP contribution in [0.3, 0.4) is 0 Å². The summed E-state index contributed by atoms with van der Waals surface area (Å²) in [6.07, 6.45) is 5.13. The van der Waals surface area contributed by atoms with Crippen LogP contribution >= 0.6 is 12.4 Å². The summed E-state index contributed by atoms with van der Waals surface area (Å²) in [5, 5.41) is 12.8. The zero-order valence-electron chi connectivity index (χ0n) is 6.62. The topological polar surface area (TPSA) is 32.3 Å². The fraction of sp³-hybridized carbons (Fsp3) is 1.00. The third-order valence-electron chi connectivity index (χ3n) is 2.90. The first-order chi connectivity index (χ1) is 4.88. The molecule has 1 heterocycles. The first kappa shape index (κ1) is 9.30. The summed E-state index contributed by atoms with van der Waals surface area (Å²) < 4.78 is 0. The zero-order valence-corrected chi connectivity index (χ0v) is 7.44. The van der Waals surface area contributed by atoms with Crippen molar-refractivity contribution in [1.82, 2.24) is 5.32 Å². The fourth-order valence-corrected chi connectivity index (χ4v) is 2.30. The van der Waals surface area contributed by atoms with Gasteiger partial charge >= 0.3 is 0 Å². The molecule has 11 heavy (non-hydrogen) atoms. The molecule has 0 aromatic heterocycles. The van der Waals surface area contributed by atoms with Crippen LogP contribution in [-0.4, -0.2) is 23.8 Å². The van der Waals surface area contributed by atoms with Gasteiger partial charge in [-0.3, -0.25) is 0 Å². The van der Waals surface area contributed by atoms with Gasteiger partial charge in [-0.1, -0.05) is 12.8 Å². The number of halogens is 1. The minimum atomic E-state index is -0.0506. The van der Waals surface area contributed by atoms with E-state index in [-0.39, 0.29) is 18.5 Å². The van der Waals surface area contributed by atoms with Gasteiger partial charge in [0.1, 0.15) is 0 Å². The number of rotatable bonds is 0. The van der Waals surface area contributed by atoms with E-state index in [9.17, 15) is 5.11 Å². The van der Waals surface area contributed by atoms with E-state index in [1.54, 1.807) is 0 Å². The molecule has 1 aliphatic carbocycles. The molecule has 2 nitrogen and oxygen atoms in total. The minimum Gasteiger partial charge on any atom is -0.391 e. The summed E-state index contributed by atoms with van der Waals surface area (Å²) in [6, 6.07) is 0.642. The Labute approximate surface area is 73.8 Å². The largest absolute Gasteiger partial charge is 0.391 e. The lowest BCUT2D eigenvalue weighted by atomic mass is 9.84. The normalized spacial score (nSPS) is 42.8. The van der Waals surface area contributed by atoms with Crippen LogP contribution in [0, 0.1) is 5.92 Å². The van der Waals surface area contributed by atoms with Gasteiger partial charge in [-0.2, -0.15) is 0 Å². The van der Waals surface area contributed by atoms with Gasteiger partial charge in [0.05, 0.1) is 6.10 Å². The second kappa shape index (κ2) is 3.74. The van der Waals surface area contributed by atoms with E-state index < -0.39 is 0 Å². The molecule has 2 fully saturated rings. The molecule has 3 atom stereocenters. The Morgan fingerprint density at radius 1 is 1.18 bits per heavy atom. The Balaban J connectivity index is 0.000000605. The average molecular weight is 178 g/mol. The molecule has 3 unspecified atom stereocenters. The molecule has 2 aliphatic rings.